The number of carbonyl (C=O) groups is 1. The highest BCUT2D eigenvalue weighted by atomic mass is 35.5. The van der Waals surface area contributed by atoms with Crippen LogP contribution in [-0.4, -0.2) is 28.9 Å². The van der Waals surface area contributed by atoms with Gasteiger partial charge in [0.1, 0.15) is 5.15 Å². The van der Waals surface area contributed by atoms with E-state index >= 15 is 0 Å². The van der Waals surface area contributed by atoms with Crippen LogP contribution in [-0.2, 0) is 6.42 Å². The minimum atomic E-state index is 0.0842. The molecule has 1 saturated heterocycles. The Labute approximate surface area is 113 Å². The largest absolute Gasteiger partial charge is 0.339 e. The molecule has 1 aromatic rings. The van der Waals surface area contributed by atoms with E-state index in [0.717, 1.165) is 44.0 Å². The number of carbonyl (C=O) groups excluding carboxylic acids is 1. The third kappa shape index (κ3) is 3.02. The van der Waals surface area contributed by atoms with Crippen LogP contribution in [0.15, 0.2) is 12.1 Å². The molecule has 98 valence electrons. The molecule has 0 aliphatic carbocycles. The number of halogens is 1. The average Bonchev–Trinajstić information content (AvgIpc) is 2.38. The maximum Gasteiger partial charge on any atom is 0.254 e. The summed E-state index contributed by atoms with van der Waals surface area (Å²) >= 11 is 5.95. The molecule has 1 aliphatic rings. The maximum absolute atomic E-state index is 12.4. The van der Waals surface area contributed by atoms with Gasteiger partial charge in [-0.2, -0.15) is 0 Å². The second kappa shape index (κ2) is 5.70. The minimum absolute atomic E-state index is 0.0842. The standard InChI is InChI=1S/C14H19ClN2O/c1-3-12-8-11(9-13(15)16-12)14(18)17-6-4-10(2)5-7-17/h8-10H,3-7H2,1-2H3. The van der Waals surface area contributed by atoms with Crippen molar-refractivity contribution in [2.24, 2.45) is 5.92 Å². The first-order valence-electron chi connectivity index (χ1n) is 6.56. The van der Waals surface area contributed by atoms with E-state index in [1.165, 1.54) is 0 Å². The Morgan fingerprint density at radius 1 is 1.44 bits per heavy atom. The molecule has 0 aromatic carbocycles. The fourth-order valence-corrected chi connectivity index (χ4v) is 2.48. The number of hydrogen-bond donors (Lipinski definition) is 0. The van der Waals surface area contributed by atoms with E-state index in [1.54, 1.807) is 6.07 Å². The first kappa shape index (κ1) is 13.3. The van der Waals surface area contributed by atoms with Crippen LogP contribution in [0.25, 0.3) is 0 Å². The number of likely N-dealkylation sites (tertiary alicyclic amines) is 1. The highest BCUT2D eigenvalue weighted by Crippen LogP contribution is 2.19. The molecule has 1 aliphatic heterocycles. The molecular formula is C14H19ClN2O. The third-order valence-corrected chi connectivity index (χ3v) is 3.72. The van der Waals surface area contributed by atoms with E-state index < -0.39 is 0 Å². The quantitative estimate of drug-likeness (QED) is 0.771. The van der Waals surface area contributed by atoms with Gasteiger partial charge >= 0.3 is 0 Å². The maximum atomic E-state index is 12.4. The number of pyridine rings is 1. The zero-order valence-electron chi connectivity index (χ0n) is 10.9. The van der Waals surface area contributed by atoms with Crippen molar-refractivity contribution in [1.82, 2.24) is 9.88 Å². The van der Waals surface area contributed by atoms with Crippen molar-refractivity contribution < 1.29 is 4.79 Å². The summed E-state index contributed by atoms with van der Waals surface area (Å²) in [5.74, 6) is 0.808. The van der Waals surface area contributed by atoms with Gasteiger partial charge in [-0.15, -0.1) is 0 Å². The molecule has 18 heavy (non-hydrogen) atoms. The molecule has 0 unspecified atom stereocenters. The van der Waals surface area contributed by atoms with Crippen LogP contribution in [0, 0.1) is 5.92 Å². The van der Waals surface area contributed by atoms with Gasteiger partial charge in [-0.05, 0) is 37.3 Å². The number of nitrogens with zero attached hydrogens (tertiary/aromatic N) is 2. The van der Waals surface area contributed by atoms with Crippen molar-refractivity contribution in [3.63, 3.8) is 0 Å². The molecule has 0 atom stereocenters. The van der Waals surface area contributed by atoms with Gasteiger partial charge in [0.2, 0.25) is 0 Å². The number of rotatable bonds is 2. The molecule has 1 amide bonds. The fraction of sp³-hybridized carbons (Fsp3) is 0.571. The minimum Gasteiger partial charge on any atom is -0.339 e. The van der Waals surface area contributed by atoms with Gasteiger partial charge in [0.25, 0.3) is 5.91 Å². The summed E-state index contributed by atoms with van der Waals surface area (Å²) in [6, 6.07) is 3.52. The summed E-state index contributed by atoms with van der Waals surface area (Å²) in [6.07, 6.45) is 2.97. The van der Waals surface area contributed by atoms with E-state index in [-0.39, 0.29) is 5.91 Å². The number of amides is 1. The van der Waals surface area contributed by atoms with E-state index in [1.807, 2.05) is 17.9 Å². The van der Waals surface area contributed by atoms with Crippen LogP contribution in [0.2, 0.25) is 5.15 Å². The van der Waals surface area contributed by atoms with E-state index in [0.29, 0.717) is 10.7 Å². The first-order valence-corrected chi connectivity index (χ1v) is 6.93. The number of aromatic nitrogens is 1. The van der Waals surface area contributed by atoms with Crippen molar-refractivity contribution in [1.29, 1.82) is 0 Å². The lowest BCUT2D eigenvalue weighted by Gasteiger charge is -2.30. The normalized spacial score (nSPS) is 16.9. The average molecular weight is 267 g/mol. The predicted molar refractivity (Wildman–Crippen MR) is 72.9 cm³/mol. The van der Waals surface area contributed by atoms with Crippen molar-refractivity contribution in [2.45, 2.75) is 33.1 Å². The predicted octanol–water partition coefficient (Wildman–Crippen LogP) is 3.17. The van der Waals surface area contributed by atoms with Crippen molar-refractivity contribution in [3.8, 4) is 0 Å². The Bertz CT molecular complexity index is 439. The van der Waals surface area contributed by atoms with Gasteiger partial charge < -0.3 is 4.90 Å². The third-order valence-electron chi connectivity index (χ3n) is 3.53. The SMILES string of the molecule is CCc1cc(C(=O)N2CCC(C)CC2)cc(Cl)n1. The number of piperidine rings is 1. The molecule has 0 N–H and O–H groups in total. The van der Waals surface area contributed by atoms with Gasteiger partial charge in [-0.3, -0.25) is 4.79 Å². The van der Waals surface area contributed by atoms with E-state index in [2.05, 4.69) is 11.9 Å². The van der Waals surface area contributed by atoms with Crippen LogP contribution in [0.4, 0.5) is 0 Å². The Morgan fingerprint density at radius 3 is 2.72 bits per heavy atom. The van der Waals surface area contributed by atoms with Crippen molar-refractivity contribution in [2.75, 3.05) is 13.1 Å². The molecule has 0 bridgehead atoms. The Hall–Kier alpha value is -1.09. The smallest absolute Gasteiger partial charge is 0.254 e. The summed E-state index contributed by atoms with van der Waals surface area (Å²) in [5.41, 5.74) is 1.54. The summed E-state index contributed by atoms with van der Waals surface area (Å²) in [5, 5.41) is 0.406. The molecule has 2 rings (SSSR count). The lowest BCUT2D eigenvalue weighted by Crippen LogP contribution is -2.38. The second-order valence-electron chi connectivity index (χ2n) is 5.00. The van der Waals surface area contributed by atoms with Crippen LogP contribution < -0.4 is 0 Å². The van der Waals surface area contributed by atoms with E-state index in [4.69, 9.17) is 11.6 Å². The van der Waals surface area contributed by atoms with Crippen LogP contribution >= 0.6 is 11.6 Å². The van der Waals surface area contributed by atoms with Gasteiger partial charge in [0.05, 0.1) is 0 Å². The Balaban J connectivity index is 2.15. The highest BCUT2D eigenvalue weighted by molar-refractivity contribution is 6.29. The molecule has 4 heteroatoms. The molecule has 0 saturated carbocycles. The van der Waals surface area contributed by atoms with Gasteiger partial charge in [-0.25, -0.2) is 4.98 Å². The van der Waals surface area contributed by atoms with Crippen molar-refractivity contribution >= 4 is 17.5 Å². The number of aryl methyl sites for hydroxylation is 1. The topological polar surface area (TPSA) is 33.2 Å². The summed E-state index contributed by atoms with van der Waals surface area (Å²) < 4.78 is 0. The Morgan fingerprint density at radius 2 is 2.11 bits per heavy atom. The van der Waals surface area contributed by atoms with Crippen LogP contribution in [0.5, 0.6) is 0 Å². The van der Waals surface area contributed by atoms with Crippen LogP contribution in [0.3, 0.4) is 0 Å². The molecule has 0 radical (unpaired) electrons. The van der Waals surface area contributed by atoms with Crippen molar-refractivity contribution in [3.05, 3.63) is 28.5 Å². The molecular weight excluding hydrogens is 248 g/mol. The van der Waals surface area contributed by atoms with Gasteiger partial charge in [-0.1, -0.05) is 25.4 Å². The lowest BCUT2D eigenvalue weighted by atomic mass is 9.98. The summed E-state index contributed by atoms with van der Waals surface area (Å²) in [6.45, 7) is 5.94. The monoisotopic (exact) mass is 266 g/mol. The fourth-order valence-electron chi connectivity index (χ4n) is 2.25. The summed E-state index contributed by atoms with van der Waals surface area (Å²) in [4.78, 5) is 18.5. The molecule has 1 fully saturated rings. The first-order chi connectivity index (χ1) is 8.60. The molecule has 3 nitrogen and oxygen atoms in total. The highest BCUT2D eigenvalue weighted by Gasteiger charge is 2.22. The molecule has 1 aromatic heterocycles. The molecule has 2 heterocycles. The lowest BCUT2D eigenvalue weighted by molar-refractivity contribution is 0.0697. The second-order valence-corrected chi connectivity index (χ2v) is 5.39. The van der Waals surface area contributed by atoms with Crippen LogP contribution in [0.1, 0.15) is 42.7 Å². The Kier molecular flexibility index (Phi) is 4.23. The van der Waals surface area contributed by atoms with Gasteiger partial charge in [0, 0.05) is 24.3 Å². The zero-order valence-corrected chi connectivity index (χ0v) is 11.7. The number of hydrogen-bond acceptors (Lipinski definition) is 2. The molecule has 0 spiro atoms. The zero-order chi connectivity index (χ0) is 13.1. The van der Waals surface area contributed by atoms with E-state index in [9.17, 15) is 4.79 Å². The van der Waals surface area contributed by atoms with Gasteiger partial charge in [0.15, 0.2) is 0 Å². The summed E-state index contributed by atoms with van der Waals surface area (Å²) in [7, 11) is 0.